The molecule has 0 bridgehead atoms. The second kappa shape index (κ2) is 8.20. The highest BCUT2D eigenvalue weighted by Gasteiger charge is 2.68. The lowest BCUT2D eigenvalue weighted by Gasteiger charge is -2.33. The lowest BCUT2D eigenvalue weighted by molar-refractivity contribution is -0.349. The van der Waals surface area contributed by atoms with E-state index >= 15 is 0 Å². The molecule has 0 saturated carbocycles. The van der Waals surface area contributed by atoms with Crippen LogP contribution >= 0.6 is 0 Å². The van der Waals surface area contributed by atoms with Crippen LogP contribution in [0.25, 0.3) is 0 Å². The van der Waals surface area contributed by atoms with E-state index in [2.05, 4.69) is 16.1 Å². The fourth-order valence-corrected chi connectivity index (χ4v) is 1.93. The molecule has 1 atom stereocenters. The molecule has 2 N–H and O–H groups in total. The van der Waals surface area contributed by atoms with Gasteiger partial charge in [-0.05, 0) is 6.92 Å². The van der Waals surface area contributed by atoms with Crippen molar-refractivity contribution in [3.8, 4) is 0 Å². The Morgan fingerprint density at radius 1 is 1.11 bits per heavy atom. The predicted molar refractivity (Wildman–Crippen MR) is 75.8 cm³/mol. The Balaban J connectivity index is 5.85. The van der Waals surface area contributed by atoms with Crippen LogP contribution in [0.4, 0.5) is 30.7 Å². The molecule has 1 unspecified atom stereocenters. The van der Waals surface area contributed by atoms with Crippen molar-refractivity contribution in [2.45, 2.75) is 36.5 Å². The summed E-state index contributed by atoms with van der Waals surface area (Å²) in [6.07, 6.45) is -8.29. The van der Waals surface area contributed by atoms with E-state index in [1.165, 1.54) is 5.32 Å². The Morgan fingerprint density at radius 3 is 1.89 bits per heavy atom. The third kappa shape index (κ3) is 5.11. The van der Waals surface area contributed by atoms with Crippen LogP contribution < -0.4 is 5.32 Å². The molecule has 164 valence electrons. The molecule has 0 aliphatic rings. The first-order chi connectivity index (χ1) is 12.3. The zero-order valence-electron chi connectivity index (χ0n) is 14.1. The summed E-state index contributed by atoms with van der Waals surface area (Å²) in [7, 11) is -6.02. The fourth-order valence-electron chi connectivity index (χ4n) is 1.45. The molecule has 0 fully saturated rings. The molecule has 0 aromatic heterocycles. The quantitative estimate of drug-likeness (QED) is 0.181. The van der Waals surface area contributed by atoms with Crippen LogP contribution in [0.15, 0.2) is 12.2 Å². The van der Waals surface area contributed by atoms with Crippen LogP contribution in [0.3, 0.4) is 0 Å². The van der Waals surface area contributed by atoms with Crippen LogP contribution in [0.1, 0.15) is 13.3 Å². The summed E-state index contributed by atoms with van der Waals surface area (Å²) in [6, 6.07) is 0. The molecule has 0 rings (SSSR count). The van der Waals surface area contributed by atoms with E-state index in [9.17, 15) is 48.7 Å². The van der Waals surface area contributed by atoms with Crippen LogP contribution in [-0.4, -0.2) is 61.6 Å². The average Bonchev–Trinajstić information content (AvgIpc) is 2.50. The third-order valence-corrected chi connectivity index (χ3v) is 3.90. The maximum Gasteiger partial charge on any atom is 0.466 e. The Hall–Kier alpha value is -1.94. The van der Waals surface area contributed by atoms with Gasteiger partial charge in [0.15, 0.2) is 0 Å². The number of amides is 1. The second-order valence-electron chi connectivity index (χ2n) is 5.16. The van der Waals surface area contributed by atoms with Gasteiger partial charge in [0.25, 0.3) is 0 Å². The van der Waals surface area contributed by atoms with E-state index in [0.29, 0.717) is 7.05 Å². The monoisotopic (exact) mass is 449 g/mol. The van der Waals surface area contributed by atoms with Gasteiger partial charge < -0.3 is 14.8 Å². The fraction of sp³-hybridized carbons (Fsp3) is 0.667. The van der Waals surface area contributed by atoms with Gasteiger partial charge >= 0.3 is 45.1 Å². The number of carbonyl (C=O) groups excluding carboxylic acids is 2. The number of rotatable bonds is 9. The summed E-state index contributed by atoms with van der Waals surface area (Å²) in [6.45, 7) is 1.76. The van der Waals surface area contributed by atoms with E-state index in [-0.39, 0.29) is 0 Å². The summed E-state index contributed by atoms with van der Waals surface area (Å²) in [5, 5.41) is -4.68. The van der Waals surface area contributed by atoms with Crippen molar-refractivity contribution < 1.29 is 62.8 Å². The van der Waals surface area contributed by atoms with E-state index in [0.717, 1.165) is 6.92 Å². The van der Waals surface area contributed by atoms with Crippen molar-refractivity contribution in [2.24, 2.45) is 0 Å². The van der Waals surface area contributed by atoms with Crippen LogP contribution in [-0.2, 0) is 29.2 Å². The summed E-state index contributed by atoms with van der Waals surface area (Å²) < 4.78 is 129. The first-order valence-corrected chi connectivity index (χ1v) is 8.25. The van der Waals surface area contributed by atoms with Crippen molar-refractivity contribution in [1.82, 2.24) is 5.32 Å². The van der Waals surface area contributed by atoms with Gasteiger partial charge in [0.2, 0.25) is 0 Å². The number of nitrogens with one attached hydrogen (secondary N) is 1. The molecular formula is C12H14F7NO7S. The molecule has 16 heteroatoms. The molecule has 0 heterocycles. The van der Waals surface area contributed by atoms with Crippen molar-refractivity contribution in [2.75, 3.05) is 13.7 Å². The maximum atomic E-state index is 13.4. The molecular weight excluding hydrogens is 435 g/mol. The van der Waals surface area contributed by atoms with Gasteiger partial charge in [-0.2, -0.15) is 39.2 Å². The molecule has 1 amide bonds. The van der Waals surface area contributed by atoms with Gasteiger partial charge in [0.1, 0.15) is 0 Å². The van der Waals surface area contributed by atoms with Crippen LogP contribution in [0.2, 0.25) is 0 Å². The van der Waals surface area contributed by atoms with Gasteiger partial charge in [0.05, 0.1) is 6.61 Å². The molecule has 0 aliphatic heterocycles. The van der Waals surface area contributed by atoms with E-state index in [1.54, 1.807) is 0 Å². The first kappa shape index (κ1) is 26.1. The van der Waals surface area contributed by atoms with Crippen molar-refractivity contribution in [3.05, 3.63) is 12.2 Å². The first-order valence-electron chi connectivity index (χ1n) is 6.81. The molecule has 0 spiro atoms. The van der Waals surface area contributed by atoms with Crippen molar-refractivity contribution in [3.63, 3.8) is 0 Å². The topological polar surface area (TPSA) is 119 Å². The molecule has 0 radical (unpaired) electrons. The lowest BCUT2D eigenvalue weighted by Crippen LogP contribution is -2.61. The molecule has 0 aromatic carbocycles. The number of carbonyl (C=O) groups is 2. The standard InChI is InChI=1S/C12H14F7NO7S/c1-6(2)7(21)27-10(8(22)20-3,11(15,16)17)26-5-4-9(13,14)12(18,19)28(23,24)25/h1,4-5H2,2-3H3,(H,20,22)(H,23,24,25). The SMILES string of the molecule is C=C(C)C(=O)OC(OCCC(F)(F)C(F)(F)S(=O)(=O)O)(C(=O)NC)C(F)(F)F. The highest BCUT2D eigenvalue weighted by molar-refractivity contribution is 7.87. The minimum Gasteiger partial charge on any atom is -0.412 e. The minimum atomic E-state index is -6.64. The third-order valence-electron chi connectivity index (χ3n) is 2.96. The molecule has 0 saturated heterocycles. The lowest BCUT2D eigenvalue weighted by atomic mass is 10.2. The number of alkyl halides is 7. The Kier molecular flexibility index (Phi) is 7.63. The van der Waals surface area contributed by atoms with Gasteiger partial charge in [-0.15, -0.1) is 0 Å². The molecule has 0 aromatic rings. The van der Waals surface area contributed by atoms with Gasteiger partial charge in [-0.1, -0.05) is 6.58 Å². The van der Waals surface area contributed by atoms with Crippen LogP contribution in [0, 0.1) is 0 Å². The largest absolute Gasteiger partial charge is 0.466 e. The van der Waals surface area contributed by atoms with Gasteiger partial charge in [-0.3, -0.25) is 9.35 Å². The molecule has 0 aliphatic carbocycles. The normalized spacial score (nSPS) is 15.5. The average molecular weight is 449 g/mol. The van der Waals surface area contributed by atoms with Crippen molar-refractivity contribution >= 4 is 22.0 Å². The smallest absolute Gasteiger partial charge is 0.412 e. The molecule has 8 nitrogen and oxygen atoms in total. The summed E-state index contributed by atoms with van der Waals surface area (Å²) in [5.41, 5.74) is -0.663. The minimum absolute atomic E-state index is 0.627. The van der Waals surface area contributed by atoms with Crippen molar-refractivity contribution in [1.29, 1.82) is 0 Å². The Bertz CT molecular complexity index is 735. The number of halogens is 7. The number of esters is 1. The maximum absolute atomic E-state index is 13.4. The number of hydrogen-bond acceptors (Lipinski definition) is 6. The predicted octanol–water partition coefficient (Wildman–Crippen LogP) is 1.63. The molecule has 28 heavy (non-hydrogen) atoms. The number of hydrogen-bond donors (Lipinski definition) is 2. The second-order valence-corrected chi connectivity index (χ2v) is 6.62. The number of likely N-dealkylation sites (N-methyl/N-ethyl adjacent to an activating group) is 1. The van der Waals surface area contributed by atoms with E-state index in [1.807, 2.05) is 0 Å². The van der Waals surface area contributed by atoms with Gasteiger partial charge in [-0.25, -0.2) is 4.79 Å². The highest BCUT2D eigenvalue weighted by Crippen LogP contribution is 2.42. The summed E-state index contributed by atoms with van der Waals surface area (Å²) >= 11 is 0. The summed E-state index contributed by atoms with van der Waals surface area (Å²) in [5.74, 6) is -14.2. The number of ether oxygens (including phenoxy) is 2. The van der Waals surface area contributed by atoms with Crippen LogP contribution in [0.5, 0.6) is 0 Å². The van der Waals surface area contributed by atoms with E-state index < -0.39 is 63.7 Å². The highest BCUT2D eigenvalue weighted by atomic mass is 32.2. The zero-order chi connectivity index (χ0) is 22.8. The Labute approximate surface area is 153 Å². The van der Waals surface area contributed by atoms with Gasteiger partial charge in [0, 0.05) is 19.0 Å². The Morgan fingerprint density at radius 2 is 1.57 bits per heavy atom. The van der Waals surface area contributed by atoms with E-state index in [4.69, 9.17) is 4.55 Å². The summed E-state index contributed by atoms with van der Waals surface area (Å²) in [4.78, 5) is 23.0. The zero-order valence-corrected chi connectivity index (χ0v) is 14.9.